The Labute approximate surface area is 106 Å². The third kappa shape index (κ3) is 2.20. The van der Waals surface area contributed by atoms with Crippen LogP contribution in [-0.2, 0) is 0 Å². The lowest BCUT2D eigenvalue weighted by Gasteiger charge is -2.52. The molecule has 0 aromatic heterocycles. The topological polar surface area (TPSA) is 73.1 Å². The monoisotopic (exact) mass is 262 g/mol. The van der Waals surface area contributed by atoms with Crippen molar-refractivity contribution < 1.29 is 15.1 Å². The number of amides is 1. The van der Waals surface area contributed by atoms with Gasteiger partial charge in [0.15, 0.2) is 5.17 Å². The van der Waals surface area contributed by atoms with Gasteiger partial charge in [-0.05, 0) is 24.7 Å². The summed E-state index contributed by atoms with van der Waals surface area (Å²) in [6.45, 7) is 6.13. The van der Waals surface area contributed by atoms with Gasteiger partial charge in [-0.25, -0.2) is 4.79 Å². The summed E-state index contributed by atoms with van der Waals surface area (Å²) in [5.41, 5.74) is -1.37. The van der Waals surface area contributed by atoms with Crippen LogP contribution in [0.3, 0.4) is 0 Å². The molecule has 1 atom stereocenters. The van der Waals surface area contributed by atoms with Gasteiger partial charge in [0.2, 0.25) is 0 Å². The second-order valence-electron chi connectivity index (χ2n) is 5.39. The smallest absolute Gasteiger partial charge is 0.408 e. The lowest BCUT2D eigenvalue weighted by molar-refractivity contribution is 0.0226. The first-order chi connectivity index (χ1) is 7.77. The fourth-order valence-electron chi connectivity index (χ4n) is 2.62. The molecule has 0 aliphatic carbocycles. The van der Waals surface area contributed by atoms with E-state index in [1.807, 2.05) is 20.8 Å². The van der Waals surface area contributed by atoms with Crippen LogP contribution in [-0.4, -0.2) is 38.6 Å². The summed E-state index contributed by atoms with van der Waals surface area (Å²) in [6.07, 6.45) is 1.22. The van der Waals surface area contributed by atoms with Crippen molar-refractivity contribution in [1.82, 2.24) is 4.90 Å². The summed E-state index contributed by atoms with van der Waals surface area (Å²) >= 11 is 6.02. The van der Waals surface area contributed by atoms with E-state index in [1.54, 1.807) is 0 Å². The van der Waals surface area contributed by atoms with Crippen LogP contribution in [0.25, 0.3) is 0 Å². The first kappa shape index (κ1) is 14.1. The minimum atomic E-state index is -1.03. The molecule has 1 rings (SSSR count). The number of rotatable bonds is 1. The van der Waals surface area contributed by atoms with E-state index in [-0.39, 0.29) is 5.17 Å². The Morgan fingerprint density at radius 1 is 1.41 bits per heavy atom. The summed E-state index contributed by atoms with van der Waals surface area (Å²) in [5, 5.41) is 21.3. The van der Waals surface area contributed by atoms with Crippen LogP contribution in [0, 0.1) is 5.41 Å². The minimum absolute atomic E-state index is 0.0490. The van der Waals surface area contributed by atoms with E-state index in [2.05, 4.69) is 5.16 Å². The summed E-state index contributed by atoms with van der Waals surface area (Å²) in [5.74, 6) is 0. The molecule has 0 aromatic rings. The quantitative estimate of drug-likeness (QED) is 0.433. The van der Waals surface area contributed by atoms with Gasteiger partial charge in [0, 0.05) is 6.54 Å². The summed E-state index contributed by atoms with van der Waals surface area (Å²) < 4.78 is 0. The van der Waals surface area contributed by atoms with E-state index in [1.165, 1.54) is 4.90 Å². The maximum Gasteiger partial charge on any atom is 0.408 e. The summed E-state index contributed by atoms with van der Waals surface area (Å²) in [7, 11) is 0. The lowest BCUT2D eigenvalue weighted by atomic mass is 9.68. The van der Waals surface area contributed by atoms with Gasteiger partial charge in [-0.2, -0.15) is 0 Å². The second kappa shape index (κ2) is 4.72. The molecule has 5 nitrogen and oxygen atoms in total. The van der Waals surface area contributed by atoms with Crippen molar-refractivity contribution in [2.75, 3.05) is 6.54 Å². The van der Waals surface area contributed by atoms with Crippen molar-refractivity contribution in [3.8, 4) is 0 Å². The maximum absolute atomic E-state index is 11.4. The molecule has 1 amide bonds. The number of carboxylic acid groups (broad SMARTS) is 1. The van der Waals surface area contributed by atoms with E-state index in [0.29, 0.717) is 13.0 Å². The highest BCUT2D eigenvalue weighted by Gasteiger charge is 2.53. The van der Waals surface area contributed by atoms with Crippen LogP contribution in [0.2, 0.25) is 0 Å². The third-order valence-electron chi connectivity index (χ3n) is 3.53. The van der Waals surface area contributed by atoms with Crippen LogP contribution >= 0.6 is 11.6 Å². The van der Waals surface area contributed by atoms with Crippen molar-refractivity contribution in [2.45, 2.75) is 45.6 Å². The molecule has 1 fully saturated rings. The molecular formula is C11H19ClN2O3. The molecule has 1 aliphatic heterocycles. The molecule has 98 valence electrons. The Balaban J connectivity index is 3.33. The number of hydrogen-bond acceptors (Lipinski definition) is 3. The Morgan fingerprint density at radius 2 is 2.00 bits per heavy atom. The number of hydrogen-bond donors (Lipinski definition) is 2. The fourth-order valence-corrected chi connectivity index (χ4v) is 3.10. The largest absolute Gasteiger partial charge is 0.465 e. The van der Waals surface area contributed by atoms with Gasteiger partial charge in [-0.15, -0.1) is 0 Å². The normalized spacial score (nSPS) is 27.1. The molecule has 17 heavy (non-hydrogen) atoms. The van der Waals surface area contributed by atoms with Gasteiger partial charge < -0.3 is 10.3 Å². The molecule has 0 spiro atoms. The number of nitrogens with zero attached hydrogens (tertiary/aromatic N) is 2. The molecule has 0 radical (unpaired) electrons. The zero-order valence-corrected chi connectivity index (χ0v) is 11.2. The minimum Gasteiger partial charge on any atom is -0.465 e. The molecule has 0 bridgehead atoms. The molecule has 6 heteroatoms. The third-order valence-corrected chi connectivity index (χ3v) is 3.92. The second-order valence-corrected chi connectivity index (χ2v) is 5.75. The molecule has 2 N–H and O–H groups in total. The van der Waals surface area contributed by atoms with Gasteiger partial charge in [-0.1, -0.05) is 37.5 Å². The van der Waals surface area contributed by atoms with Crippen molar-refractivity contribution in [3.63, 3.8) is 0 Å². The zero-order chi connectivity index (χ0) is 13.3. The van der Waals surface area contributed by atoms with Crippen molar-refractivity contribution >= 4 is 22.9 Å². The van der Waals surface area contributed by atoms with E-state index in [4.69, 9.17) is 16.8 Å². The van der Waals surface area contributed by atoms with Crippen molar-refractivity contribution in [3.05, 3.63) is 0 Å². The number of oxime groups is 1. The van der Waals surface area contributed by atoms with E-state index < -0.39 is 17.0 Å². The van der Waals surface area contributed by atoms with Gasteiger partial charge >= 0.3 is 6.09 Å². The Hall–Kier alpha value is -0.970. The number of piperidine rings is 1. The highest BCUT2D eigenvalue weighted by atomic mass is 35.5. The molecule has 1 aliphatic rings. The lowest BCUT2D eigenvalue weighted by Crippen LogP contribution is -2.64. The van der Waals surface area contributed by atoms with Gasteiger partial charge in [-0.3, -0.25) is 4.90 Å². The molecule has 1 saturated heterocycles. The first-order valence-corrected chi connectivity index (χ1v) is 6.04. The van der Waals surface area contributed by atoms with E-state index in [9.17, 15) is 9.90 Å². The Morgan fingerprint density at radius 3 is 2.41 bits per heavy atom. The van der Waals surface area contributed by atoms with Crippen LogP contribution < -0.4 is 0 Å². The Kier molecular flexibility index (Phi) is 3.91. The molecule has 0 saturated carbocycles. The maximum atomic E-state index is 11.4. The molecule has 0 aromatic carbocycles. The highest BCUT2D eigenvalue weighted by Crippen LogP contribution is 2.44. The first-order valence-electron chi connectivity index (χ1n) is 5.66. The molecule has 1 unspecified atom stereocenters. The van der Waals surface area contributed by atoms with Crippen LogP contribution in [0.1, 0.15) is 40.0 Å². The predicted molar refractivity (Wildman–Crippen MR) is 65.8 cm³/mol. The van der Waals surface area contributed by atoms with E-state index in [0.717, 1.165) is 12.8 Å². The summed E-state index contributed by atoms with van der Waals surface area (Å²) in [4.78, 5) is 12.7. The number of carbonyl (C=O) groups is 1. The number of halogens is 1. The van der Waals surface area contributed by atoms with Crippen molar-refractivity contribution in [2.24, 2.45) is 10.6 Å². The van der Waals surface area contributed by atoms with Crippen LogP contribution in [0.15, 0.2) is 5.16 Å². The molecule has 1 heterocycles. The average Bonchev–Trinajstić information content (AvgIpc) is 2.26. The molecular weight excluding hydrogens is 244 g/mol. The van der Waals surface area contributed by atoms with Gasteiger partial charge in [0.25, 0.3) is 0 Å². The highest BCUT2D eigenvalue weighted by molar-refractivity contribution is 6.67. The zero-order valence-electron chi connectivity index (χ0n) is 10.4. The van der Waals surface area contributed by atoms with Gasteiger partial charge in [0.05, 0.1) is 0 Å². The van der Waals surface area contributed by atoms with E-state index >= 15 is 0 Å². The van der Waals surface area contributed by atoms with Crippen LogP contribution in [0.5, 0.6) is 0 Å². The van der Waals surface area contributed by atoms with Crippen molar-refractivity contribution in [1.29, 1.82) is 0 Å². The fraction of sp³-hybridized carbons (Fsp3) is 0.818. The Bertz CT molecular complexity index is 338. The number of likely N-dealkylation sites (tertiary alicyclic amines) is 1. The predicted octanol–water partition coefficient (Wildman–Crippen LogP) is 2.96. The SMILES string of the molecule is CC(C)(C)C1(C(Cl)=NO)CCCCN1C(=O)O. The summed E-state index contributed by atoms with van der Waals surface area (Å²) in [6, 6.07) is 0. The average molecular weight is 263 g/mol. The van der Waals surface area contributed by atoms with Gasteiger partial charge in [0.1, 0.15) is 5.54 Å². The standard InChI is InChI=1S/C11H19ClN2O3/c1-10(2,3)11(8(12)13-17)6-4-5-7-14(11)9(15)16/h17H,4-7H2,1-3H3,(H,15,16). The van der Waals surface area contributed by atoms with Crippen LogP contribution in [0.4, 0.5) is 4.79 Å².